The van der Waals surface area contributed by atoms with Crippen LogP contribution < -0.4 is 10.6 Å². The molecule has 4 nitrogen and oxygen atoms in total. The van der Waals surface area contributed by atoms with Gasteiger partial charge in [-0.3, -0.25) is 4.79 Å². The van der Waals surface area contributed by atoms with Crippen molar-refractivity contribution in [3.63, 3.8) is 0 Å². The fraction of sp³-hybridized carbons (Fsp3) is 0.731. The number of halogens is 1. The Kier molecular flexibility index (Phi) is 7.30. The first-order chi connectivity index (χ1) is 14.9. The van der Waals surface area contributed by atoms with Crippen LogP contribution in [0.25, 0.3) is 0 Å². The predicted molar refractivity (Wildman–Crippen MR) is 126 cm³/mol. The van der Waals surface area contributed by atoms with Crippen LogP contribution >= 0.6 is 11.6 Å². The van der Waals surface area contributed by atoms with Crippen molar-refractivity contribution in [3.05, 3.63) is 34.3 Å². The first kappa shape index (κ1) is 23.1. The number of aliphatic hydroxyl groups is 1. The van der Waals surface area contributed by atoms with Crippen molar-refractivity contribution in [3.8, 4) is 0 Å². The van der Waals surface area contributed by atoms with E-state index < -0.39 is 0 Å². The molecule has 1 aromatic rings. The van der Waals surface area contributed by atoms with Gasteiger partial charge in [0.05, 0.1) is 17.2 Å². The van der Waals surface area contributed by atoms with Crippen molar-refractivity contribution < 1.29 is 9.90 Å². The van der Waals surface area contributed by atoms with Crippen LogP contribution in [0, 0.1) is 29.1 Å². The van der Waals surface area contributed by atoms with Gasteiger partial charge in [-0.2, -0.15) is 0 Å². The molecule has 3 N–H and O–H groups in total. The Morgan fingerprint density at radius 3 is 2.39 bits per heavy atom. The molecule has 0 radical (unpaired) electrons. The number of aryl methyl sites for hydroxylation is 1. The van der Waals surface area contributed by atoms with Crippen molar-refractivity contribution in [1.82, 2.24) is 10.6 Å². The molecular formula is C26H39ClN2O2. The Labute approximate surface area is 192 Å². The summed E-state index contributed by atoms with van der Waals surface area (Å²) in [5.41, 5.74) is 2.07. The van der Waals surface area contributed by atoms with E-state index in [1.165, 1.54) is 38.5 Å². The molecule has 4 saturated carbocycles. The molecule has 4 fully saturated rings. The van der Waals surface area contributed by atoms with Gasteiger partial charge < -0.3 is 15.7 Å². The van der Waals surface area contributed by atoms with Gasteiger partial charge in [0.15, 0.2) is 0 Å². The molecule has 5 rings (SSSR count). The van der Waals surface area contributed by atoms with Crippen LogP contribution in [0.3, 0.4) is 0 Å². The van der Waals surface area contributed by atoms with Crippen LogP contribution in [0.4, 0.5) is 0 Å². The number of benzene rings is 1. The minimum atomic E-state index is -0.0270. The highest BCUT2D eigenvalue weighted by Crippen LogP contribution is 2.59. The molecule has 4 aliphatic carbocycles. The second kappa shape index (κ2) is 9.80. The second-order valence-corrected chi connectivity index (χ2v) is 11.4. The molecule has 172 valence electrons. The van der Waals surface area contributed by atoms with E-state index in [0.29, 0.717) is 21.9 Å². The Bertz CT molecular complexity index is 743. The van der Waals surface area contributed by atoms with E-state index in [1.54, 1.807) is 0 Å². The lowest BCUT2D eigenvalue weighted by Crippen LogP contribution is -2.51. The third kappa shape index (κ3) is 5.46. The summed E-state index contributed by atoms with van der Waals surface area (Å²) >= 11 is 6.40. The third-order valence-corrected chi connectivity index (χ3v) is 8.44. The number of hydrogen-bond acceptors (Lipinski definition) is 3. The number of carbonyl (C=O) groups is 1. The molecule has 1 unspecified atom stereocenters. The maximum Gasteiger partial charge on any atom is 0.252 e. The Hall–Kier alpha value is -1.10. The van der Waals surface area contributed by atoms with Crippen molar-refractivity contribution in [2.75, 3.05) is 19.7 Å². The average molecular weight is 447 g/mol. The minimum Gasteiger partial charge on any atom is -0.395 e. The van der Waals surface area contributed by atoms with E-state index in [-0.39, 0.29) is 18.6 Å². The molecule has 0 spiro atoms. The van der Waals surface area contributed by atoms with E-state index in [1.807, 2.05) is 18.2 Å². The number of carbonyl (C=O) groups excluding carboxylic acids is 1. The summed E-state index contributed by atoms with van der Waals surface area (Å²) in [6, 6.07) is 5.97. The quantitative estimate of drug-likeness (QED) is 0.451. The zero-order chi connectivity index (χ0) is 22.0. The fourth-order valence-corrected chi connectivity index (χ4v) is 7.07. The Balaban J connectivity index is 1.30. The highest BCUT2D eigenvalue weighted by molar-refractivity contribution is 6.33. The minimum absolute atomic E-state index is 0.0270. The molecule has 0 aromatic heterocycles. The van der Waals surface area contributed by atoms with Gasteiger partial charge in [0.2, 0.25) is 0 Å². The molecule has 4 bridgehead atoms. The predicted octanol–water partition coefficient (Wildman–Crippen LogP) is 4.83. The first-order valence-electron chi connectivity index (χ1n) is 12.3. The lowest BCUT2D eigenvalue weighted by atomic mass is 9.49. The molecule has 5 heteroatoms. The molecule has 1 amide bonds. The van der Waals surface area contributed by atoms with Gasteiger partial charge in [0.25, 0.3) is 5.91 Å². The van der Waals surface area contributed by atoms with E-state index in [9.17, 15) is 9.90 Å². The number of rotatable bonds is 10. The summed E-state index contributed by atoms with van der Waals surface area (Å²) < 4.78 is 0. The third-order valence-electron chi connectivity index (χ3n) is 8.11. The van der Waals surface area contributed by atoms with Gasteiger partial charge in [-0.15, -0.1) is 0 Å². The largest absolute Gasteiger partial charge is 0.395 e. The molecule has 31 heavy (non-hydrogen) atoms. The Morgan fingerprint density at radius 1 is 1.16 bits per heavy atom. The van der Waals surface area contributed by atoms with Gasteiger partial charge in [-0.25, -0.2) is 0 Å². The maximum absolute atomic E-state index is 13.0. The Morgan fingerprint density at radius 2 is 1.81 bits per heavy atom. The van der Waals surface area contributed by atoms with Crippen molar-refractivity contribution >= 4 is 17.5 Å². The summed E-state index contributed by atoms with van der Waals surface area (Å²) in [4.78, 5) is 13.0. The van der Waals surface area contributed by atoms with Gasteiger partial charge in [0.1, 0.15) is 0 Å². The standard InChI is InChI=1S/C26H39ClN2O2/c1-17(2)24(15-30)28-7-3-4-18-5-6-23(27)22(11-18)25(31)29-16-26-12-19-8-20(13-26)10-21(9-19)14-26/h5-6,11,17,19-21,24,28,30H,3-4,7-10,12-16H2,1-2H3,(H,29,31). The summed E-state index contributed by atoms with van der Waals surface area (Å²) in [5, 5.41) is 16.6. The van der Waals surface area contributed by atoms with Crippen LogP contribution in [0.2, 0.25) is 5.02 Å². The lowest BCUT2D eigenvalue weighted by Gasteiger charge is -2.56. The SMILES string of the molecule is CC(C)C(CO)NCCCc1ccc(Cl)c(C(=O)NCC23CC4CC(CC(C4)C2)C3)c1. The van der Waals surface area contributed by atoms with Crippen LogP contribution in [0.1, 0.15) is 74.7 Å². The summed E-state index contributed by atoms with van der Waals surface area (Å²) in [5.74, 6) is 3.06. The van der Waals surface area contributed by atoms with Crippen LogP contribution in [-0.2, 0) is 6.42 Å². The number of aliphatic hydroxyl groups excluding tert-OH is 1. The molecule has 0 saturated heterocycles. The van der Waals surface area contributed by atoms with E-state index >= 15 is 0 Å². The van der Waals surface area contributed by atoms with Gasteiger partial charge in [-0.1, -0.05) is 31.5 Å². The van der Waals surface area contributed by atoms with Crippen LogP contribution in [-0.4, -0.2) is 36.8 Å². The topological polar surface area (TPSA) is 61.4 Å². The number of nitrogens with one attached hydrogen (secondary N) is 2. The van der Waals surface area contributed by atoms with Gasteiger partial charge in [0, 0.05) is 12.6 Å². The molecule has 4 aliphatic rings. The summed E-state index contributed by atoms with van der Waals surface area (Å²) in [7, 11) is 0. The monoisotopic (exact) mass is 446 g/mol. The first-order valence-corrected chi connectivity index (χ1v) is 12.7. The number of hydrogen-bond donors (Lipinski definition) is 3. The fourth-order valence-electron chi connectivity index (χ4n) is 6.86. The molecule has 1 aromatic carbocycles. The smallest absolute Gasteiger partial charge is 0.252 e. The lowest BCUT2D eigenvalue weighted by molar-refractivity contribution is -0.0503. The molecule has 0 heterocycles. The molecule has 1 atom stereocenters. The molecule has 0 aliphatic heterocycles. The summed E-state index contributed by atoms with van der Waals surface area (Å²) in [6.07, 6.45) is 10.0. The van der Waals surface area contributed by atoms with Crippen molar-refractivity contribution in [2.45, 2.75) is 71.3 Å². The number of amides is 1. The summed E-state index contributed by atoms with van der Waals surface area (Å²) in [6.45, 7) is 6.03. The second-order valence-electron chi connectivity index (χ2n) is 11.0. The maximum atomic E-state index is 13.0. The van der Waals surface area contributed by atoms with Crippen molar-refractivity contribution in [1.29, 1.82) is 0 Å². The van der Waals surface area contributed by atoms with Crippen LogP contribution in [0.5, 0.6) is 0 Å². The highest BCUT2D eigenvalue weighted by Gasteiger charge is 2.50. The van der Waals surface area contributed by atoms with Gasteiger partial charge in [-0.05, 0) is 105 Å². The zero-order valence-corrected chi connectivity index (χ0v) is 19.9. The zero-order valence-electron chi connectivity index (χ0n) is 19.1. The van der Waals surface area contributed by atoms with E-state index in [2.05, 4.69) is 24.5 Å². The van der Waals surface area contributed by atoms with Gasteiger partial charge >= 0.3 is 0 Å². The van der Waals surface area contributed by atoms with E-state index in [0.717, 1.165) is 49.2 Å². The highest BCUT2D eigenvalue weighted by atomic mass is 35.5. The normalized spacial score (nSPS) is 30.0. The van der Waals surface area contributed by atoms with Crippen molar-refractivity contribution in [2.24, 2.45) is 29.1 Å². The van der Waals surface area contributed by atoms with E-state index in [4.69, 9.17) is 11.6 Å². The molecular weight excluding hydrogens is 408 g/mol. The average Bonchev–Trinajstić information content (AvgIpc) is 2.72. The van der Waals surface area contributed by atoms with Crippen LogP contribution in [0.15, 0.2) is 18.2 Å².